The summed E-state index contributed by atoms with van der Waals surface area (Å²) in [5, 5.41) is 3.51. The van der Waals surface area contributed by atoms with Gasteiger partial charge in [0.2, 0.25) is 0 Å². The Labute approximate surface area is 143 Å². The summed E-state index contributed by atoms with van der Waals surface area (Å²) in [6.07, 6.45) is 4.05. The first-order valence-corrected chi connectivity index (χ1v) is 8.65. The van der Waals surface area contributed by atoms with Gasteiger partial charge in [0.25, 0.3) is 0 Å². The van der Waals surface area contributed by atoms with E-state index >= 15 is 0 Å². The van der Waals surface area contributed by atoms with Crippen LogP contribution in [0.2, 0.25) is 0 Å². The summed E-state index contributed by atoms with van der Waals surface area (Å²) in [5.41, 5.74) is 1.53. The Morgan fingerprint density at radius 3 is 1.58 bits per heavy atom. The molecule has 1 fully saturated rings. The van der Waals surface area contributed by atoms with Gasteiger partial charge in [0.1, 0.15) is 0 Å². The van der Waals surface area contributed by atoms with Crippen LogP contribution >= 0.6 is 0 Å². The smallest absolute Gasteiger partial charge is 0.164 e. The van der Waals surface area contributed by atoms with Crippen molar-refractivity contribution in [1.82, 2.24) is 5.32 Å². The van der Waals surface area contributed by atoms with Crippen molar-refractivity contribution >= 4 is 11.6 Å². The maximum Gasteiger partial charge on any atom is 0.164 e. The lowest BCUT2D eigenvalue weighted by molar-refractivity contribution is 0.0941. The predicted molar refractivity (Wildman–Crippen MR) is 95.3 cm³/mol. The zero-order valence-electron chi connectivity index (χ0n) is 13.8. The minimum Gasteiger partial charge on any atom is -0.310 e. The van der Waals surface area contributed by atoms with E-state index in [4.69, 9.17) is 0 Å². The molecule has 1 saturated heterocycles. The number of nitrogens with one attached hydrogen (secondary N) is 1. The molecule has 0 aliphatic carbocycles. The van der Waals surface area contributed by atoms with E-state index in [9.17, 15) is 9.59 Å². The molecule has 1 heterocycles. The Balaban J connectivity index is 1.55. The highest BCUT2D eigenvalue weighted by Gasteiger charge is 2.25. The molecule has 0 spiro atoms. The average molecular weight is 321 g/mol. The fraction of sp³-hybridized carbons (Fsp3) is 0.333. The number of piperidine rings is 1. The summed E-state index contributed by atoms with van der Waals surface area (Å²) >= 11 is 0. The quantitative estimate of drug-likeness (QED) is 0.817. The van der Waals surface area contributed by atoms with Crippen LogP contribution < -0.4 is 5.32 Å². The van der Waals surface area contributed by atoms with Crippen LogP contribution in [0.5, 0.6) is 0 Å². The molecule has 3 nitrogen and oxygen atoms in total. The van der Waals surface area contributed by atoms with Gasteiger partial charge in [-0.15, -0.1) is 0 Å². The first-order chi connectivity index (χ1) is 11.7. The zero-order chi connectivity index (χ0) is 16.8. The van der Waals surface area contributed by atoms with Crippen LogP contribution in [-0.4, -0.2) is 23.7 Å². The molecule has 24 heavy (non-hydrogen) atoms. The normalized spacial score (nSPS) is 20.5. The molecule has 3 rings (SSSR count). The number of hydrogen-bond acceptors (Lipinski definition) is 3. The lowest BCUT2D eigenvalue weighted by Gasteiger charge is -2.30. The molecule has 1 aliphatic rings. The number of Topliss-reactive ketones (excluding diaryl/α,β-unsaturated/α-hetero) is 2. The van der Waals surface area contributed by atoms with Gasteiger partial charge in [-0.3, -0.25) is 9.59 Å². The van der Waals surface area contributed by atoms with Crippen molar-refractivity contribution < 1.29 is 9.59 Å². The lowest BCUT2D eigenvalue weighted by atomic mass is 9.90. The Hall–Kier alpha value is -2.26. The van der Waals surface area contributed by atoms with E-state index in [1.807, 2.05) is 60.7 Å². The molecular weight excluding hydrogens is 298 g/mol. The monoisotopic (exact) mass is 321 g/mol. The van der Waals surface area contributed by atoms with Gasteiger partial charge < -0.3 is 5.32 Å². The van der Waals surface area contributed by atoms with Gasteiger partial charge in [-0.05, 0) is 12.8 Å². The fourth-order valence-electron chi connectivity index (χ4n) is 3.36. The van der Waals surface area contributed by atoms with Gasteiger partial charge >= 0.3 is 0 Å². The number of hydrogen-bond donors (Lipinski definition) is 1. The zero-order valence-corrected chi connectivity index (χ0v) is 13.8. The second kappa shape index (κ2) is 8.02. The number of rotatable bonds is 6. The minimum atomic E-state index is 0.167. The molecule has 2 atom stereocenters. The highest BCUT2D eigenvalue weighted by Crippen LogP contribution is 2.20. The van der Waals surface area contributed by atoms with Crippen molar-refractivity contribution in [2.45, 2.75) is 44.2 Å². The van der Waals surface area contributed by atoms with Crippen molar-refractivity contribution in [3.05, 3.63) is 71.8 Å². The summed E-state index contributed by atoms with van der Waals surface area (Å²) in [6, 6.07) is 19.2. The molecule has 1 unspecified atom stereocenters. The van der Waals surface area contributed by atoms with Crippen molar-refractivity contribution in [2.75, 3.05) is 0 Å². The van der Waals surface area contributed by atoms with Crippen LogP contribution in [-0.2, 0) is 0 Å². The molecule has 2 aromatic rings. The van der Waals surface area contributed by atoms with Crippen molar-refractivity contribution in [3.8, 4) is 0 Å². The standard InChI is InChI=1S/C21H23NO2/c23-20(16-8-3-1-4-9-16)14-18-12-7-13-19(22-18)15-21(24)17-10-5-2-6-11-17/h1-6,8-11,18-19,22H,7,12-15H2/t18-,19?/m1/s1. The third-order valence-corrected chi connectivity index (χ3v) is 4.63. The van der Waals surface area contributed by atoms with Gasteiger partial charge in [0.05, 0.1) is 0 Å². The van der Waals surface area contributed by atoms with Gasteiger partial charge in [-0.2, -0.15) is 0 Å². The van der Waals surface area contributed by atoms with Crippen molar-refractivity contribution in [3.63, 3.8) is 0 Å². The highest BCUT2D eigenvalue weighted by molar-refractivity contribution is 5.97. The Kier molecular flexibility index (Phi) is 5.55. The maximum absolute atomic E-state index is 12.4. The van der Waals surface area contributed by atoms with E-state index in [1.165, 1.54) is 0 Å². The Morgan fingerprint density at radius 2 is 1.17 bits per heavy atom. The lowest BCUT2D eigenvalue weighted by Crippen LogP contribution is -2.44. The van der Waals surface area contributed by atoms with Crippen LogP contribution in [0.15, 0.2) is 60.7 Å². The maximum atomic E-state index is 12.4. The summed E-state index contributed by atoms with van der Waals surface area (Å²) < 4.78 is 0. The predicted octanol–water partition coefficient (Wildman–Crippen LogP) is 4.04. The van der Waals surface area contributed by atoms with Crippen LogP contribution in [0.25, 0.3) is 0 Å². The van der Waals surface area contributed by atoms with Crippen molar-refractivity contribution in [1.29, 1.82) is 0 Å². The first-order valence-electron chi connectivity index (χ1n) is 8.65. The number of benzene rings is 2. The van der Waals surface area contributed by atoms with Crippen LogP contribution in [0.3, 0.4) is 0 Å². The van der Waals surface area contributed by atoms with Gasteiger partial charge in [0, 0.05) is 36.1 Å². The average Bonchev–Trinajstić information content (AvgIpc) is 2.63. The van der Waals surface area contributed by atoms with E-state index in [0.29, 0.717) is 12.8 Å². The van der Waals surface area contributed by atoms with Crippen LogP contribution in [0, 0.1) is 0 Å². The topological polar surface area (TPSA) is 46.2 Å². The molecule has 0 bridgehead atoms. The molecule has 0 amide bonds. The molecule has 1 aliphatic heterocycles. The molecule has 1 N–H and O–H groups in total. The van der Waals surface area contributed by atoms with E-state index in [2.05, 4.69) is 5.32 Å². The Bertz CT molecular complexity index is 622. The minimum absolute atomic E-state index is 0.167. The second-order valence-electron chi connectivity index (χ2n) is 6.48. The van der Waals surface area contributed by atoms with Gasteiger partial charge in [0.15, 0.2) is 11.6 Å². The molecule has 0 aromatic heterocycles. The van der Waals surface area contributed by atoms with Crippen LogP contribution in [0.1, 0.15) is 52.8 Å². The molecular formula is C21H23NO2. The van der Waals surface area contributed by atoms with Crippen LogP contribution in [0.4, 0.5) is 0 Å². The largest absolute Gasteiger partial charge is 0.310 e. The third-order valence-electron chi connectivity index (χ3n) is 4.63. The van der Waals surface area contributed by atoms with Gasteiger partial charge in [-0.25, -0.2) is 0 Å². The number of carbonyl (C=O) groups excluding carboxylic acids is 2. The summed E-state index contributed by atoms with van der Waals surface area (Å²) in [6.45, 7) is 0. The van der Waals surface area contributed by atoms with Crippen molar-refractivity contribution in [2.24, 2.45) is 0 Å². The molecule has 2 aromatic carbocycles. The molecule has 124 valence electrons. The van der Waals surface area contributed by atoms with E-state index < -0.39 is 0 Å². The van der Waals surface area contributed by atoms with E-state index in [0.717, 1.165) is 30.4 Å². The molecule has 3 heteroatoms. The number of ketones is 2. The number of carbonyl (C=O) groups is 2. The Morgan fingerprint density at radius 1 is 0.750 bits per heavy atom. The fourth-order valence-corrected chi connectivity index (χ4v) is 3.36. The first kappa shape index (κ1) is 16.6. The van der Waals surface area contributed by atoms with Gasteiger partial charge in [-0.1, -0.05) is 67.1 Å². The van der Waals surface area contributed by atoms with E-state index in [1.54, 1.807) is 0 Å². The third kappa shape index (κ3) is 4.39. The summed E-state index contributed by atoms with van der Waals surface area (Å²) in [7, 11) is 0. The molecule has 0 radical (unpaired) electrons. The highest BCUT2D eigenvalue weighted by atomic mass is 16.1. The molecule has 0 saturated carbocycles. The summed E-state index contributed by atoms with van der Waals surface area (Å²) in [5.74, 6) is 0.339. The summed E-state index contributed by atoms with van der Waals surface area (Å²) in [4.78, 5) is 24.7. The SMILES string of the molecule is O=C(CC1CCC[C@H](CC(=O)c2ccccc2)N1)c1ccccc1. The van der Waals surface area contributed by atoms with E-state index in [-0.39, 0.29) is 23.7 Å². The second-order valence-corrected chi connectivity index (χ2v) is 6.48.